The van der Waals surface area contributed by atoms with Gasteiger partial charge < -0.3 is 10.2 Å². The number of carboxylic acids is 2. The van der Waals surface area contributed by atoms with Crippen molar-refractivity contribution >= 4 is 11.9 Å². The first-order valence-electron chi connectivity index (χ1n) is 27.4. The normalized spacial score (nSPS) is 15.9. The molecule has 0 fully saturated rings. The van der Waals surface area contributed by atoms with Gasteiger partial charge >= 0.3 is 11.9 Å². The minimum absolute atomic E-state index is 0.125. The Labute approximate surface area is 463 Å². The number of hydrogen-bond donors (Lipinski definition) is 2. The number of fused-ring (bicyclic) bond motifs is 3. The zero-order valence-electron chi connectivity index (χ0n) is 45.2. The first-order chi connectivity index (χ1) is 38.4. The topological polar surface area (TPSA) is 98.4 Å². The molecule has 0 amide bonds. The quantitative estimate of drug-likeness (QED) is 0.119. The van der Waals surface area contributed by atoms with Crippen molar-refractivity contribution in [2.75, 3.05) is 0 Å². The van der Waals surface area contributed by atoms with Crippen LogP contribution in [-0.4, -0.2) is 22.2 Å². The van der Waals surface area contributed by atoms with E-state index in [0.29, 0.717) is 71.9 Å². The number of hydrogen-bond acceptors (Lipinski definition) is 3. The molecular weight excluding hydrogens is 1030 g/mol. The maximum absolute atomic E-state index is 14.3. The summed E-state index contributed by atoms with van der Waals surface area (Å²) in [5.41, 5.74) is 10.2. The van der Waals surface area contributed by atoms with Crippen molar-refractivity contribution in [2.24, 2.45) is 0 Å². The fourth-order valence-corrected chi connectivity index (χ4v) is 11.3. The van der Waals surface area contributed by atoms with E-state index in [0.717, 1.165) is 88.0 Å². The van der Waals surface area contributed by atoms with Gasteiger partial charge in [0.25, 0.3) is 0 Å². The molecule has 3 aliphatic carbocycles. The van der Waals surface area contributed by atoms with Crippen molar-refractivity contribution in [2.45, 2.75) is 141 Å². The Bertz CT molecular complexity index is 3310. The van der Waals surface area contributed by atoms with Gasteiger partial charge in [-0.05, 0) is 197 Å². The highest BCUT2D eigenvalue weighted by atomic mass is 19.2. The molecule has 10 rings (SSSR count). The number of aromatic carboxylic acids is 1. The predicted molar refractivity (Wildman–Crippen MR) is 294 cm³/mol. The molecule has 0 bridgehead atoms. The summed E-state index contributed by atoms with van der Waals surface area (Å²) in [5, 5.41) is 26.1. The van der Waals surface area contributed by atoms with Gasteiger partial charge in [0.15, 0.2) is 0 Å². The third kappa shape index (κ3) is 15.4. The van der Waals surface area contributed by atoms with E-state index in [-0.39, 0.29) is 29.6 Å². The van der Waals surface area contributed by atoms with E-state index in [1.54, 1.807) is 6.07 Å². The van der Waals surface area contributed by atoms with Crippen molar-refractivity contribution in [1.82, 2.24) is 0 Å². The predicted octanol–water partition coefficient (Wildman–Crippen LogP) is 16.7. The Morgan fingerprint density at radius 1 is 0.475 bits per heavy atom. The average molecular weight is 1100 g/mol. The van der Waals surface area contributed by atoms with Crippen molar-refractivity contribution in [3.05, 3.63) is 245 Å². The highest BCUT2D eigenvalue weighted by Gasteiger charge is 2.30. The second kappa shape index (κ2) is 28.0. The summed E-state index contributed by atoms with van der Waals surface area (Å²) in [6.45, 7) is 6.47. The lowest BCUT2D eigenvalue weighted by Gasteiger charge is -2.26. The Hall–Kier alpha value is -7.59. The van der Waals surface area contributed by atoms with Gasteiger partial charge in [0, 0.05) is 12.1 Å². The minimum Gasteiger partial charge on any atom is -0.481 e. The molecule has 0 radical (unpaired) electrons. The SMILES string of the molecule is CCCc1ccc(C2CCc3c(F)cc(F)cc3C2)cc1.CCCc1ccc(C2CCc3c(cc(F)c(C#N)c3F)C2)cc1.CCCc1ccc(C2CCc3c(cc(F)c(C(=O)O)c3F)C2)cc1.O=C(O)Cc1cc(F)cc(F)c1. The summed E-state index contributed by atoms with van der Waals surface area (Å²) in [5.74, 6) is -7.48. The molecule has 13 heteroatoms. The van der Waals surface area contributed by atoms with Crippen LogP contribution in [0.25, 0.3) is 0 Å². The van der Waals surface area contributed by atoms with Gasteiger partial charge in [-0.3, -0.25) is 4.79 Å². The molecule has 3 unspecified atom stereocenters. The van der Waals surface area contributed by atoms with Gasteiger partial charge in [-0.2, -0.15) is 5.26 Å². The van der Waals surface area contributed by atoms with Gasteiger partial charge in [-0.1, -0.05) is 113 Å². The molecule has 7 aromatic rings. The maximum Gasteiger partial charge on any atom is 0.341 e. The molecule has 3 aliphatic rings. The molecule has 0 aliphatic heterocycles. The summed E-state index contributed by atoms with van der Waals surface area (Å²) >= 11 is 0. The van der Waals surface area contributed by atoms with E-state index < -0.39 is 63.8 Å². The van der Waals surface area contributed by atoms with Crippen LogP contribution in [0, 0.1) is 57.9 Å². The van der Waals surface area contributed by atoms with E-state index in [1.165, 1.54) is 51.6 Å². The van der Waals surface area contributed by atoms with Crippen molar-refractivity contribution in [3.63, 3.8) is 0 Å². The zero-order chi connectivity index (χ0) is 57.6. The van der Waals surface area contributed by atoms with Crippen LogP contribution in [-0.2, 0) is 69.0 Å². The van der Waals surface area contributed by atoms with Crippen LogP contribution in [0.1, 0.15) is 165 Å². The third-order valence-electron chi connectivity index (χ3n) is 15.3. The summed E-state index contributed by atoms with van der Waals surface area (Å²) in [6, 6.07) is 35.1. The molecule has 418 valence electrons. The summed E-state index contributed by atoms with van der Waals surface area (Å²) in [7, 11) is 0. The molecule has 5 nitrogen and oxygen atoms in total. The number of aryl methyl sites for hydroxylation is 3. The molecule has 0 spiro atoms. The summed E-state index contributed by atoms with van der Waals surface area (Å²) < 4.78 is 108. The third-order valence-corrected chi connectivity index (χ3v) is 15.3. The standard InChI is InChI=1S/C20H19F2N.C20H20F2O2.C19H20F2.C8H6F2O2/c1-2-3-13-4-6-14(7-5-13)15-8-9-17-16(10-15)11-19(21)18(12-23)20(17)22;1-2-3-12-4-6-13(7-5-12)14-8-9-16-15(10-14)11-17(21)18(19(16)22)20(23)24;1-2-3-13-4-6-14(7-5-13)15-8-9-18-16(10-15)11-17(20)12-19(18)21;9-6-1-5(3-8(11)12)2-7(10)4-6/h4-7,11,15H,2-3,8-10H2,1H3;4-7,11,14H,2-3,8-10H2,1H3,(H,23,24);4-7,11-12,15H,2-3,8-10H2,1H3;1-2,4H,3H2,(H,11,12). The Kier molecular flexibility index (Phi) is 21.0. The van der Waals surface area contributed by atoms with E-state index in [4.69, 9.17) is 15.5 Å². The van der Waals surface area contributed by atoms with Crippen LogP contribution in [0.4, 0.5) is 35.1 Å². The lowest BCUT2D eigenvalue weighted by Crippen LogP contribution is -2.18. The highest BCUT2D eigenvalue weighted by Crippen LogP contribution is 2.38. The number of nitrogens with zero attached hydrogens (tertiary/aromatic N) is 1. The first-order valence-corrected chi connectivity index (χ1v) is 27.4. The molecule has 0 saturated carbocycles. The molecule has 0 heterocycles. The smallest absolute Gasteiger partial charge is 0.341 e. The number of rotatable bonds is 12. The van der Waals surface area contributed by atoms with Crippen LogP contribution in [0.5, 0.6) is 0 Å². The van der Waals surface area contributed by atoms with Gasteiger partial charge in [0.1, 0.15) is 63.7 Å². The van der Waals surface area contributed by atoms with E-state index in [2.05, 4.69) is 93.6 Å². The molecule has 7 aromatic carbocycles. The van der Waals surface area contributed by atoms with E-state index in [9.17, 15) is 44.7 Å². The molecule has 2 N–H and O–H groups in total. The number of carbonyl (C=O) groups is 2. The molecule has 0 aromatic heterocycles. The summed E-state index contributed by atoms with van der Waals surface area (Å²) in [6.07, 6.45) is 12.3. The van der Waals surface area contributed by atoms with Crippen LogP contribution < -0.4 is 0 Å². The molecule has 80 heavy (non-hydrogen) atoms. The number of halogens is 8. The van der Waals surface area contributed by atoms with Crippen molar-refractivity contribution in [3.8, 4) is 6.07 Å². The number of benzene rings is 7. The molecule has 3 atom stereocenters. The Morgan fingerprint density at radius 2 is 0.863 bits per heavy atom. The Balaban J connectivity index is 0.000000158. The molecule has 0 saturated heterocycles. The zero-order valence-corrected chi connectivity index (χ0v) is 45.2. The van der Waals surface area contributed by atoms with Crippen molar-refractivity contribution in [1.29, 1.82) is 5.26 Å². The second-order valence-corrected chi connectivity index (χ2v) is 21.0. The lowest BCUT2D eigenvalue weighted by atomic mass is 9.79. The molecular formula is C67H65F8NO4. The van der Waals surface area contributed by atoms with Gasteiger partial charge in [0.2, 0.25) is 0 Å². The number of nitriles is 1. The van der Waals surface area contributed by atoms with Crippen LogP contribution >= 0.6 is 0 Å². The lowest BCUT2D eigenvalue weighted by molar-refractivity contribution is -0.136. The van der Waals surface area contributed by atoms with Crippen LogP contribution in [0.3, 0.4) is 0 Å². The Morgan fingerprint density at radius 3 is 1.26 bits per heavy atom. The van der Waals surface area contributed by atoms with Crippen LogP contribution in [0.15, 0.2) is 115 Å². The highest BCUT2D eigenvalue weighted by molar-refractivity contribution is 5.88. The largest absolute Gasteiger partial charge is 0.481 e. The minimum atomic E-state index is -1.55. The van der Waals surface area contributed by atoms with Gasteiger partial charge in [0.05, 0.1) is 6.42 Å². The number of aliphatic carboxylic acids is 1. The van der Waals surface area contributed by atoms with Crippen molar-refractivity contribution < 1.29 is 54.9 Å². The average Bonchev–Trinajstić information content (AvgIpc) is 3.45. The van der Waals surface area contributed by atoms with E-state index in [1.807, 2.05) is 0 Å². The monoisotopic (exact) mass is 1100 g/mol. The first kappa shape index (κ1) is 60.1. The van der Waals surface area contributed by atoms with Gasteiger partial charge in [-0.25, -0.2) is 39.9 Å². The maximum atomic E-state index is 14.3. The fourth-order valence-electron chi connectivity index (χ4n) is 11.3. The second-order valence-electron chi connectivity index (χ2n) is 21.0. The number of carboxylic acid groups (broad SMARTS) is 2. The van der Waals surface area contributed by atoms with Crippen LogP contribution in [0.2, 0.25) is 0 Å². The van der Waals surface area contributed by atoms with E-state index >= 15 is 0 Å². The summed E-state index contributed by atoms with van der Waals surface area (Å²) in [4.78, 5) is 21.2. The fraction of sp³-hybridized carbons (Fsp3) is 0.328. The van der Waals surface area contributed by atoms with Gasteiger partial charge in [-0.15, -0.1) is 0 Å².